The molecule has 0 aliphatic heterocycles. The zero-order valence-electron chi connectivity index (χ0n) is 13.7. The van der Waals surface area contributed by atoms with Crippen molar-refractivity contribution in [3.05, 3.63) is 11.9 Å². The van der Waals surface area contributed by atoms with Crippen molar-refractivity contribution in [1.82, 2.24) is 14.9 Å². The molecule has 0 unspecified atom stereocenters. The Hall–Kier alpha value is -1.36. The Kier molecular flexibility index (Phi) is 6.20. The predicted octanol–water partition coefficient (Wildman–Crippen LogP) is 2.58. The number of hydrogen-bond acceptors (Lipinski definition) is 5. The lowest BCUT2D eigenvalue weighted by molar-refractivity contribution is 0.111. The molecule has 0 saturated carbocycles. The number of likely N-dealkylation sites (N-methyl/N-ethyl adjacent to an activating group) is 1. The first-order valence-electron chi connectivity index (χ1n) is 7.31. The fourth-order valence-corrected chi connectivity index (χ4v) is 1.53. The van der Waals surface area contributed by atoms with Gasteiger partial charge < -0.3 is 15.0 Å². The van der Waals surface area contributed by atoms with E-state index in [-0.39, 0.29) is 5.54 Å². The maximum Gasteiger partial charge on any atom is 0.218 e. The van der Waals surface area contributed by atoms with Gasteiger partial charge in [-0.2, -0.15) is 4.98 Å². The van der Waals surface area contributed by atoms with Gasteiger partial charge in [0, 0.05) is 24.6 Å². The van der Waals surface area contributed by atoms with Crippen LogP contribution in [0.4, 0.5) is 5.82 Å². The summed E-state index contributed by atoms with van der Waals surface area (Å²) in [7, 11) is 4.10. The number of aryl methyl sites for hydroxylation is 1. The molecular formula is C15H28N4O. The first-order chi connectivity index (χ1) is 9.39. The normalized spacial score (nSPS) is 11.8. The third-order valence-corrected chi connectivity index (χ3v) is 3.36. The fraction of sp³-hybridized carbons (Fsp3) is 0.733. The molecule has 0 saturated heterocycles. The number of rotatable bonds is 8. The summed E-state index contributed by atoms with van der Waals surface area (Å²) in [6.45, 7) is 9.90. The highest BCUT2D eigenvalue weighted by Crippen LogP contribution is 2.17. The van der Waals surface area contributed by atoms with Crippen molar-refractivity contribution in [2.75, 3.05) is 32.6 Å². The molecule has 0 aliphatic rings. The van der Waals surface area contributed by atoms with Crippen molar-refractivity contribution in [1.29, 1.82) is 0 Å². The van der Waals surface area contributed by atoms with Crippen LogP contribution in [0.15, 0.2) is 6.07 Å². The second-order valence-corrected chi connectivity index (χ2v) is 5.78. The molecule has 0 fully saturated rings. The third kappa shape index (κ3) is 4.96. The van der Waals surface area contributed by atoms with E-state index in [1.54, 1.807) is 0 Å². The van der Waals surface area contributed by atoms with Crippen molar-refractivity contribution < 1.29 is 4.74 Å². The number of aromatic nitrogens is 2. The largest absolute Gasteiger partial charge is 0.476 e. The molecule has 0 radical (unpaired) electrons. The van der Waals surface area contributed by atoms with Crippen molar-refractivity contribution in [3.8, 4) is 5.88 Å². The van der Waals surface area contributed by atoms with Crippen molar-refractivity contribution in [2.45, 2.75) is 46.1 Å². The SMILES string of the molecule is CCCc1nc(NCC)cc(OCC(C)(C)N(C)C)n1. The number of anilines is 1. The summed E-state index contributed by atoms with van der Waals surface area (Å²) in [6.07, 6.45) is 1.89. The Morgan fingerprint density at radius 2 is 1.95 bits per heavy atom. The van der Waals surface area contributed by atoms with E-state index in [1.165, 1.54) is 0 Å². The van der Waals surface area contributed by atoms with Gasteiger partial charge in [0.15, 0.2) is 0 Å². The Labute approximate surface area is 122 Å². The summed E-state index contributed by atoms with van der Waals surface area (Å²) in [5, 5.41) is 3.23. The molecule has 5 heteroatoms. The van der Waals surface area contributed by atoms with Crippen LogP contribution >= 0.6 is 0 Å². The predicted molar refractivity (Wildman–Crippen MR) is 83.5 cm³/mol. The Morgan fingerprint density at radius 1 is 1.25 bits per heavy atom. The highest BCUT2D eigenvalue weighted by atomic mass is 16.5. The van der Waals surface area contributed by atoms with Gasteiger partial charge in [0.1, 0.15) is 18.2 Å². The van der Waals surface area contributed by atoms with Crippen LogP contribution in [0.1, 0.15) is 39.9 Å². The van der Waals surface area contributed by atoms with Gasteiger partial charge in [-0.15, -0.1) is 0 Å². The maximum atomic E-state index is 5.87. The first kappa shape index (κ1) is 16.7. The van der Waals surface area contributed by atoms with Crippen molar-refractivity contribution >= 4 is 5.82 Å². The van der Waals surface area contributed by atoms with E-state index in [0.29, 0.717) is 12.5 Å². The highest BCUT2D eigenvalue weighted by molar-refractivity contribution is 5.38. The standard InChI is InChI=1S/C15H28N4O/c1-7-9-12-17-13(16-8-2)10-14(18-12)20-11-15(3,4)19(5)6/h10H,7-9,11H2,1-6H3,(H,16,17,18). The average molecular weight is 280 g/mol. The molecular weight excluding hydrogens is 252 g/mol. The summed E-state index contributed by atoms with van der Waals surface area (Å²) in [6, 6.07) is 1.87. The minimum absolute atomic E-state index is 0.0335. The van der Waals surface area contributed by atoms with E-state index < -0.39 is 0 Å². The molecule has 0 amide bonds. The van der Waals surface area contributed by atoms with Crippen LogP contribution in [0.25, 0.3) is 0 Å². The molecule has 1 aromatic rings. The van der Waals surface area contributed by atoms with Gasteiger partial charge in [0.25, 0.3) is 0 Å². The van der Waals surface area contributed by atoms with Crippen LogP contribution in [-0.4, -0.2) is 47.7 Å². The minimum Gasteiger partial charge on any atom is -0.476 e. The lowest BCUT2D eigenvalue weighted by Crippen LogP contribution is -2.43. The minimum atomic E-state index is -0.0335. The van der Waals surface area contributed by atoms with Gasteiger partial charge in [-0.25, -0.2) is 4.98 Å². The number of ether oxygens (including phenoxy) is 1. The summed E-state index contributed by atoms with van der Waals surface area (Å²) < 4.78 is 5.87. The molecule has 0 atom stereocenters. The van der Waals surface area contributed by atoms with Crippen LogP contribution in [0.5, 0.6) is 5.88 Å². The molecule has 0 aromatic carbocycles. The second kappa shape index (κ2) is 7.43. The van der Waals surface area contributed by atoms with Gasteiger partial charge in [-0.1, -0.05) is 6.92 Å². The molecule has 114 valence electrons. The van der Waals surface area contributed by atoms with E-state index in [1.807, 2.05) is 6.07 Å². The number of nitrogens with zero attached hydrogens (tertiary/aromatic N) is 3. The number of nitrogens with one attached hydrogen (secondary N) is 1. The third-order valence-electron chi connectivity index (χ3n) is 3.36. The first-order valence-corrected chi connectivity index (χ1v) is 7.31. The molecule has 1 heterocycles. The summed E-state index contributed by atoms with van der Waals surface area (Å²) in [5.41, 5.74) is -0.0335. The van der Waals surface area contributed by atoms with E-state index in [9.17, 15) is 0 Å². The monoisotopic (exact) mass is 280 g/mol. The quantitative estimate of drug-likeness (QED) is 0.793. The van der Waals surface area contributed by atoms with Crippen LogP contribution in [0.2, 0.25) is 0 Å². The molecule has 1 N–H and O–H groups in total. The van der Waals surface area contributed by atoms with Crippen LogP contribution in [0.3, 0.4) is 0 Å². The Morgan fingerprint density at radius 3 is 2.50 bits per heavy atom. The summed E-state index contributed by atoms with van der Waals surface area (Å²) >= 11 is 0. The molecule has 1 aromatic heterocycles. The second-order valence-electron chi connectivity index (χ2n) is 5.78. The average Bonchev–Trinajstić information content (AvgIpc) is 2.37. The lowest BCUT2D eigenvalue weighted by atomic mass is 10.1. The molecule has 20 heavy (non-hydrogen) atoms. The van der Waals surface area contributed by atoms with E-state index >= 15 is 0 Å². The maximum absolute atomic E-state index is 5.87. The van der Waals surface area contributed by atoms with Gasteiger partial charge in [0.05, 0.1) is 0 Å². The summed E-state index contributed by atoms with van der Waals surface area (Å²) in [5.74, 6) is 2.32. The van der Waals surface area contributed by atoms with Crippen LogP contribution in [-0.2, 0) is 6.42 Å². The zero-order valence-corrected chi connectivity index (χ0v) is 13.7. The molecule has 0 spiro atoms. The van der Waals surface area contributed by atoms with E-state index in [4.69, 9.17) is 4.74 Å². The molecule has 5 nitrogen and oxygen atoms in total. The van der Waals surface area contributed by atoms with Crippen molar-refractivity contribution in [3.63, 3.8) is 0 Å². The Balaban J connectivity index is 2.82. The van der Waals surface area contributed by atoms with Gasteiger partial charge in [0.2, 0.25) is 5.88 Å². The van der Waals surface area contributed by atoms with Crippen LogP contribution < -0.4 is 10.1 Å². The molecule has 0 aliphatic carbocycles. The van der Waals surface area contributed by atoms with Gasteiger partial charge in [-0.05, 0) is 41.3 Å². The lowest BCUT2D eigenvalue weighted by Gasteiger charge is -2.31. The van der Waals surface area contributed by atoms with E-state index in [2.05, 4.69) is 62.0 Å². The molecule has 1 rings (SSSR count). The zero-order chi connectivity index (χ0) is 15.2. The highest BCUT2D eigenvalue weighted by Gasteiger charge is 2.21. The van der Waals surface area contributed by atoms with Gasteiger partial charge in [-0.3, -0.25) is 0 Å². The fourth-order valence-electron chi connectivity index (χ4n) is 1.53. The summed E-state index contributed by atoms with van der Waals surface area (Å²) in [4.78, 5) is 11.1. The number of hydrogen-bond donors (Lipinski definition) is 1. The van der Waals surface area contributed by atoms with Gasteiger partial charge >= 0.3 is 0 Å². The van der Waals surface area contributed by atoms with Crippen molar-refractivity contribution in [2.24, 2.45) is 0 Å². The smallest absolute Gasteiger partial charge is 0.218 e. The molecule has 0 bridgehead atoms. The topological polar surface area (TPSA) is 50.3 Å². The van der Waals surface area contributed by atoms with Crippen LogP contribution in [0, 0.1) is 0 Å². The Bertz CT molecular complexity index is 394. The van der Waals surface area contributed by atoms with E-state index in [0.717, 1.165) is 31.0 Å².